The lowest BCUT2D eigenvalue weighted by Gasteiger charge is -2.32. The molecule has 5 heteroatoms. The summed E-state index contributed by atoms with van der Waals surface area (Å²) >= 11 is 0. The van der Waals surface area contributed by atoms with Gasteiger partial charge in [0.05, 0.1) is 17.9 Å². The van der Waals surface area contributed by atoms with Crippen LogP contribution in [0.15, 0.2) is 42.5 Å². The Morgan fingerprint density at radius 2 is 1.90 bits per heavy atom. The molecule has 0 unspecified atom stereocenters. The summed E-state index contributed by atoms with van der Waals surface area (Å²) in [4.78, 5) is 15.4. The van der Waals surface area contributed by atoms with Gasteiger partial charge in [-0.25, -0.2) is 0 Å². The van der Waals surface area contributed by atoms with E-state index in [-0.39, 0.29) is 5.91 Å². The number of ether oxygens (including phenoxy) is 1. The van der Waals surface area contributed by atoms with E-state index in [0.717, 1.165) is 48.9 Å². The minimum Gasteiger partial charge on any atom is -0.493 e. The molecule has 0 radical (unpaired) electrons. The van der Waals surface area contributed by atoms with E-state index in [0.29, 0.717) is 23.8 Å². The highest BCUT2D eigenvalue weighted by Gasteiger charge is 2.27. The van der Waals surface area contributed by atoms with E-state index < -0.39 is 0 Å². The highest BCUT2D eigenvalue weighted by molar-refractivity contribution is 6.09. The van der Waals surface area contributed by atoms with Crippen molar-refractivity contribution in [3.05, 3.63) is 59.4 Å². The van der Waals surface area contributed by atoms with Crippen molar-refractivity contribution < 1.29 is 9.53 Å². The summed E-state index contributed by atoms with van der Waals surface area (Å²) in [5, 5.41) is 6.63. The fourth-order valence-corrected chi connectivity index (χ4v) is 4.33. The predicted molar refractivity (Wildman–Crippen MR) is 115 cm³/mol. The Labute approximate surface area is 172 Å². The fourth-order valence-electron chi connectivity index (χ4n) is 4.33. The van der Waals surface area contributed by atoms with Gasteiger partial charge in [-0.3, -0.25) is 9.48 Å². The zero-order chi connectivity index (χ0) is 20.4. The highest BCUT2D eigenvalue weighted by Crippen LogP contribution is 2.31. The zero-order valence-corrected chi connectivity index (χ0v) is 17.5. The molecule has 152 valence electrons. The Bertz CT molecular complexity index is 1020. The zero-order valence-electron chi connectivity index (χ0n) is 17.5. The average molecular weight is 392 g/mol. The first-order valence-corrected chi connectivity index (χ1v) is 10.5. The number of aryl methyl sites for hydroxylation is 2. The molecule has 1 fully saturated rings. The van der Waals surface area contributed by atoms with E-state index in [9.17, 15) is 4.79 Å². The maximum absolute atomic E-state index is 13.5. The molecule has 2 aromatic carbocycles. The van der Waals surface area contributed by atoms with Gasteiger partial charge >= 0.3 is 0 Å². The number of hydrogen-bond acceptors (Lipinski definition) is 3. The molecular formula is C24H29N3O2. The molecule has 1 aromatic heterocycles. The van der Waals surface area contributed by atoms with Crippen molar-refractivity contribution in [2.75, 3.05) is 19.7 Å². The molecule has 1 aliphatic heterocycles. The second kappa shape index (κ2) is 8.27. The highest BCUT2D eigenvalue weighted by atomic mass is 16.5. The van der Waals surface area contributed by atoms with Crippen molar-refractivity contribution in [3.8, 4) is 5.75 Å². The van der Waals surface area contributed by atoms with Crippen molar-refractivity contribution in [2.45, 2.75) is 40.2 Å². The van der Waals surface area contributed by atoms with Crippen LogP contribution in [0.1, 0.15) is 41.5 Å². The molecule has 3 aromatic rings. The van der Waals surface area contributed by atoms with Crippen molar-refractivity contribution in [1.82, 2.24) is 14.7 Å². The first-order valence-electron chi connectivity index (χ1n) is 10.5. The summed E-state index contributed by atoms with van der Waals surface area (Å²) in [7, 11) is 0. The summed E-state index contributed by atoms with van der Waals surface area (Å²) in [6, 6.07) is 14.1. The lowest BCUT2D eigenvalue weighted by Crippen LogP contribution is -2.39. The lowest BCUT2D eigenvalue weighted by atomic mass is 9.95. The normalized spacial score (nSPS) is 15.1. The third-order valence-corrected chi connectivity index (χ3v) is 5.84. The Balaban J connectivity index is 1.51. The third kappa shape index (κ3) is 4.00. The average Bonchev–Trinajstić information content (AvgIpc) is 3.05. The van der Waals surface area contributed by atoms with Crippen LogP contribution in [0, 0.1) is 19.8 Å². The number of nitrogens with zero attached hydrogens (tertiary/aromatic N) is 3. The van der Waals surface area contributed by atoms with E-state index in [2.05, 4.69) is 22.8 Å². The summed E-state index contributed by atoms with van der Waals surface area (Å²) in [6.07, 6.45) is 2.00. The number of fused-ring (bicyclic) bond motifs is 1. The molecule has 0 atom stereocenters. The van der Waals surface area contributed by atoms with Gasteiger partial charge in [0.1, 0.15) is 5.75 Å². The molecular weight excluding hydrogens is 362 g/mol. The van der Waals surface area contributed by atoms with E-state index in [1.54, 1.807) is 0 Å². The molecule has 5 nitrogen and oxygen atoms in total. The maximum Gasteiger partial charge on any atom is 0.258 e. The smallest absolute Gasteiger partial charge is 0.258 e. The summed E-state index contributed by atoms with van der Waals surface area (Å²) in [5.74, 6) is 1.31. The lowest BCUT2D eigenvalue weighted by molar-refractivity contribution is 0.0679. The fraction of sp³-hybridized carbons (Fsp3) is 0.417. The third-order valence-electron chi connectivity index (χ3n) is 5.84. The van der Waals surface area contributed by atoms with E-state index >= 15 is 0 Å². The van der Waals surface area contributed by atoms with Gasteiger partial charge < -0.3 is 9.64 Å². The van der Waals surface area contributed by atoms with Crippen molar-refractivity contribution in [3.63, 3.8) is 0 Å². The second-order valence-electron chi connectivity index (χ2n) is 7.94. The second-order valence-corrected chi connectivity index (χ2v) is 7.94. The topological polar surface area (TPSA) is 47.4 Å². The summed E-state index contributed by atoms with van der Waals surface area (Å²) in [5.41, 5.74) is 2.97. The number of benzene rings is 2. The molecule has 1 amide bonds. The van der Waals surface area contributed by atoms with Gasteiger partial charge in [0.2, 0.25) is 0 Å². The number of carbonyl (C=O) groups is 1. The quantitative estimate of drug-likeness (QED) is 0.638. The predicted octanol–water partition coefficient (Wildman–Crippen LogP) is 4.60. The number of piperidine rings is 1. The first kappa shape index (κ1) is 19.5. The molecule has 29 heavy (non-hydrogen) atoms. The Morgan fingerprint density at radius 3 is 2.59 bits per heavy atom. The van der Waals surface area contributed by atoms with Gasteiger partial charge in [-0.15, -0.1) is 0 Å². The Hall–Kier alpha value is -2.82. The van der Waals surface area contributed by atoms with Crippen LogP contribution < -0.4 is 4.74 Å². The van der Waals surface area contributed by atoms with Crippen LogP contribution in [0.2, 0.25) is 0 Å². The molecule has 4 rings (SSSR count). The molecule has 0 N–H and O–H groups in total. The van der Waals surface area contributed by atoms with Gasteiger partial charge in [-0.05, 0) is 62.4 Å². The van der Waals surface area contributed by atoms with Crippen LogP contribution >= 0.6 is 0 Å². The largest absolute Gasteiger partial charge is 0.493 e. The molecule has 0 saturated carbocycles. The maximum atomic E-state index is 13.5. The van der Waals surface area contributed by atoms with Gasteiger partial charge in [-0.1, -0.05) is 30.3 Å². The molecule has 0 spiro atoms. The van der Waals surface area contributed by atoms with Crippen LogP contribution in [0.25, 0.3) is 10.8 Å². The molecule has 0 bridgehead atoms. The monoisotopic (exact) mass is 391 g/mol. The van der Waals surface area contributed by atoms with Gasteiger partial charge in [0.15, 0.2) is 0 Å². The molecule has 1 saturated heterocycles. The van der Waals surface area contributed by atoms with Crippen LogP contribution in [-0.4, -0.2) is 40.3 Å². The SMILES string of the molecule is CCOc1ccc2ccccc2c1C(=O)N1CCC(Cn2nc(C)cc2C)CC1. The number of rotatable bonds is 5. The minimum atomic E-state index is 0.0785. The van der Waals surface area contributed by atoms with Crippen LogP contribution in [0.4, 0.5) is 0 Å². The van der Waals surface area contributed by atoms with Crippen molar-refractivity contribution in [2.24, 2.45) is 5.92 Å². The Kier molecular flexibility index (Phi) is 5.56. The molecule has 2 heterocycles. The Morgan fingerprint density at radius 1 is 1.14 bits per heavy atom. The number of hydrogen-bond donors (Lipinski definition) is 0. The number of carbonyl (C=O) groups excluding carboxylic acids is 1. The van der Waals surface area contributed by atoms with Gasteiger partial charge in [0, 0.05) is 25.3 Å². The number of aromatic nitrogens is 2. The van der Waals surface area contributed by atoms with E-state index in [1.165, 1.54) is 5.69 Å². The summed E-state index contributed by atoms with van der Waals surface area (Å²) < 4.78 is 7.92. The first-order chi connectivity index (χ1) is 14.1. The van der Waals surface area contributed by atoms with Crippen molar-refractivity contribution >= 4 is 16.7 Å². The van der Waals surface area contributed by atoms with E-state index in [1.807, 2.05) is 55.1 Å². The summed E-state index contributed by atoms with van der Waals surface area (Å²) in [6.45, 7) is 9.12. The van der Waals surface area contributed by atoms with Gasteiger partial charge in [0.25, 0.3) is 5.91 Å². The van der Waals surface area contributed by atoms with Crippen LogP contribution in [-0.2, 0) is 6.54 Å². The number of amides is 1. The van der Waals surface area contributed by atoms with Crippen molar-refractivity contribution in [1.29, 1.82) is 0 Å². The van der Waals surface area contributed by atoms with Crippen LogP contribution in [0.5, 0.6) is 5.75 Å². The van der Waals surface area contributed by atoms with Crippen LogP contribution in [0.3, 0.4) is 0 Å². The standard InChI is InChI=1S/C24H29N3O2/c1-4-29-22-10-9-20-7-5-6-8-21(20)23(22)24(28)26-13-11-19(12-14-26)16-27-18(3)15-17(2)25-27/h5-10,15,19H,4,11-14,16H2,1-3H3. The minimum absolute atomic E-state index is 0.0785. The van der Waals surface area contributed by atoms with E-state index in [4.69, 9.17) is 4.74 Å². The molecule has 1 aliphatic rings. The number of likely N-dealkylation sites (tertiary alicyclic amines) is 1. The molecule has 0 aliphatic carbocycles. The van der Waals surface area contributed by atoms with Gasteiger partial charge in [-0.2, -0.15) is 5.10 Å².